The first kappa shape index (κ1) is 16.7. The number of likely N-dealkylation sites (tertiary alicyclic amines) is 1. The van der Waals surface area contributed by atoms with Gasteiger partial charge in [-0.25, -0.2) is 0 Å². The number of ether oxygens (including phenoxy) is 2. The molecule has 0 atom stereocenters. The topological polar surface area (TPSA) is 93.9 Å². The minimum atomic E-state index is -0.486. The highest BCUT2D eigenvalue weighted by Crippen LogP contribution is 2.31. The van der Waals surface area contributed by atoms with Gasteiger partial charge in [-0.2, -0.15) is 0 Å². The highest BCUT2D eigenvalue weighted by molar-refractivity contribution is 5.77. The maximum atomic E-state index is 12.3. The van der Waals surface area contributed by atoms with Crippen molar-refractivity contribution in [3.05, 3.63) is 34.4 Å². The maximum absolute atomic E-state index is 12.3. The largest absolute Gasteiger partial charge is 0.379 e. The van der Waals surface area contributed by atoms with Crippen LogP contribution in [0.1, 0.15) is 19.3 Å². The summed E-state index contributed by atoms with van der Waals surface area (Å²) in [5.74, 6) is -0.450. The van der Waals surface area contributed by atoms with Crippen LogP contribution in [0.5, 0.6) is 0 Å². The van der Waals surface area contributed by atoms with Crippen LogP contribution in [0.4, 0.5) is 11.4 Å². The Bertz CT molecular complexity index is 605. The lowest BCUT2D eigenvalue weighted by atomic mass is 10.0. The van der Waals surface area contributed by atoms with Crippen molar-refractivity contribution in [2.45, 2.75) is 25.0 Å². The highest BCUT2D eigenvalue weighted by Gasteiger charge is 2.40. The molecule has 0 bridgehead atoms. The van der Waals surface area contributed by atoms with Crippen molar-refractivity contribution in [3.63, 3.8) is 0 Å². The molecule has 8 nitrogen and oxygen atoms in total. The van der Waals surface area contributed by atoms with Crippen LogP contribution in [0.2, 0.25) is 0 Å². The Morgan fingerprint density at radius 3 is 2.58 bits per heavy atom. The normalized spacial score (nSPS) is 19.4. The summed E-state index contributed by atoms with van der Waals surface area (Å²) in [6.45, 7) is 2.83. The van der Waals surface area contributed by atoms with Crippen LogP contribution >= 0.6 is 0 Å². The Kier molecular flexibility index (Phi) is 4.96. The highest BCUT2D eigenvalue weighted by atomic mass is 16.7. The van der Waals surface area contributed by atoms with E-state index in [1.54, 1.807) is 23.1 Å². The van der Waals surface area contributed by atoms with Crippen molar-refractivity contribution < 1.29 is 19.2 Å². The van der Waals surface area contributed by atoms with Gasteiger partial charge in [0.25, 0.3) is 5.69 Å². The molecule has 0 radical (unpaired) electrons. The molecule has 0 saturated carbocycles. The number of nitrogens with zero attached hydrogens (tertiary/aromatic N) is 2. The zero-order valence-electron chi connectivity index (χ0n) is 13.4. The molecule has 1 spiro atoms. The minimum Gasteiger partial charge on any atom is -0.379 e. The van der Waals surface area contributed by atoms with Gasteiger partial charge in [-0.3, -0.25) is 14.9 Å². The number of carbonyl (C=O) groups excluding carboxylic acids is 1. The van der Waals surface area contributed by atoms with Crippen LogP contribution in [0.25, 0.3) is 0 Å². The molecule has 24 heavy (non-hydrogen) atoms. The summed E-state index contributed by atoms with van der Waals surface area (Å²) < 4.78 is 11.3. The number of anilines is 1. The molecule has 1 aromatic carbocycles. The third kappa shape index (κ3) is 3.65. The van der Waals surface area contributed by atoms with E-state index in [4.69, 9.17) is 9.47 Å². The lowest BCUT2D eigenvalue weighted by Crippen LogP contribution is -2.47. The summed E-state index contributed by atoms with van der Waals surface area (Å²) in [4.78, 5) is 24.6. The molecule has 0 aromatic heterocycles. The number of hydrogen-bond donors (Lipinski definition) is 1. The maximum Gasteiger partial charge on any atom is 0.292 e. The molecule has 8 heteroatoms. The lowest BCUT2D eigenvalue weighted by molar-refractivity contribution is -0.384. The smallest absolute Gasteiger partial charge is 0.292 e. The number of carbonyl (C=O) groups is 1. The van der Waals surface area contributed by atoms with Gasteiger partial charge in [0.15, 0.2) is 5.79 Å². The van der Waals surface area contributed by atoms with Crippen LogP contribution in [-0.2, 0) is 14.3 Å². The molecule has 2 aliphatic heterocycles. The summed E-state index contributed by atoms with van der Waals surface area (Å²) in [5.41, 5.74) is 0.445. The van der Waals surface area contributed by atoms with E-state index >= 15 is 0 Å². The van der Waals surface area contributed by atoms with E-state index < -0.39 is 10.7 Å². The van der Waals surface area contributed by atoms with Crippen LogP contribution in [0.3, 0.4) is 0 Å². The zero-order valence-corrected chi connectivity index (χ0v) is 13.4. The van der Waals surface area contributed by atoms with E-state index in [0.29, 0.717) is 57.8 Å². The Morgan fingerprint density at radius 1 is 1.25 bits per heavy atom. The molecule has 2 aliphatic rings. The standard InChI is InChI=1S/C16H21N3O5/c20-15(18-9-6-16(7-10-18)23-11-12-24-16)5-8-17-13-3-1-2-4-14(13)19(21)22/h1-4,17H,5-12H2. The van der Waals surface area contributed by atoms with Crippen molar-refractivity contribution >= 4 is 17.3 Å². The molecule has 1 N–H and O–H groups in total. The predicted octanol–water partition coefficient (Wildman–Crippen LogP) is 1.76. The first-order valence-electron chi connectivity index (χ1n) is 8.13. The molecule has 2 saturated heterocycles. The van der Waals surface area contributed by atoms with Gasteiger partial charge in [0.1, 0.15) is 5.69 Å². The van der Waals surface area contributed by atoms with E-state index in [-0.39, 0.29) is 11.6 Å². The third-order valence-corrected chi connectivity index (χ3v) is 4.45. The fourth-order valence-corrected chi connectivity index (χ4v) is 3.13. The average molecular weight is 335 g/mol. The van der Waals surface area contributed by atoms with Crippen molar-refractivity contribution in [1.82, 2.24) is 4.90 Å². The van der Waals surface area contributed by atoms with Gasteiger partial charge in [0, 0.05) is 45.0 Å². The number of benzene rings is 1. The van der Waals surface area contributed by atoms with E-state index in [2.05, 4.69) is 5.32 Å². The molecule has 2 heterocycles. The molecule has 3 rings (SSSR count). The molecule has 1 amide bonds. The number of piperidine rings is 1. The number of nitro benzene ring substituents is 1. The minimum absolute atomic E-state index is 0.0143. The van der Waals surface area contributed by atoms with Crippen LogP contribution < -0.4 is 5.32 Å². The summed E-state index contributed by atoms with van der Waals surface area (Å²) in [7, 11) is 0. The van der Waals surface area contributed by atoms with Crippen molar-refractivity contribution in [2.75, 3.05) is 38.2 Å². The SMILES string of the molecule is O=C(CCNc1ccccc1[N+](=O)[O-])N1CCC2(CC1)OCCO2. The van der Waals surface area contributed by atoms with Gasteiger partial charge in [-0.1, -0.05) is 12.1 Å². The molecule has 1 aromatic rings. The number of hydrogen-bond acceptors (Lipinski definition) is 6. The quantitative estimate of drug-likeness (QED) is 0.651. The molecular weight excluding hydrogens is 314 g/mol. The lowest BCUT2D eigenvalue weighted by Gasteiger charge is -2.37. The van der Waals surface area contributed by atoms with E-state index in [1.165, 1.54) is 6.07 Å². The van der Waals surface area contributed by atoms with Gasteiger partial charge < -0.3 is 19.7 Å². The van der Waals surface area contributed by atoms with Crippen LogP contribution in [-0.4, -0.2) is 54.4 Å². The summed E-state index contributed by atoms with van der Waals surface area (Å²) in [5, 5.41) is 13.9. The van der Waals surface area contributed by atoms with Crippen molar-refractivity contribution in [2.24, 2.45) is 0 Å². The van der Waals surface area contributed by atoms with Crippen molar-refractivity contribution in [1.29, 1.82) is 0 Å². The Balaban J connectivity index is 1.46. The van der Waals surface area contributed by atoms with E-state index in [0.717, 1.165) is 0 Å². The van der Waals surface area contributed by atoms with Gasteiger partial charge in [0.05, 0.1) is 18.1 Å². The zero-order chi connectivity index (χ0) is 17.0. The molecule has 2 fully saturated rings. The molecule has 130 valence electrons. The first-order valence-corrected chi connectivity index (χ1v) is 8.13. The summed E-state index contributed by atoms with van der Waals surface area (Å²) in [6.07, 6.45) is 1.67. The molecular formula is C16H21N3O5. The number of rotatable bonds is 5. The molecule has 0 unspecified atom stereocenters. The third-order valence-electron chi connectivity index (χ3n) is 4.45. The Morgan fingerprint density at radius 2 is 1.92 bits per heavy atom. The Hall–Kier alpha value is -2.19. The van der Waals surface area contributed by atoms with E-state index in [1.807, 2.05) is 0 Å². The average Bonchev–Trinajstić information content (AvgIpc) is 3.04. The molecule has 0 aliphatic carbocycles. The Labute approximate surface area is 139 Å². The predicted molar refractivity (Wildman–Crippen MR) is 86.7 cm³/mol. The van der Waals surface area contributed by atoms with Gasteiger partial charge in [-0.15, -0.1) is 0 Å². The summed E-state index contributed by atoms with van der Waals surface area (Å²) >= 11 is 0. The first-order chi connectivity index (χ1) is 11.6. The van der Waals surface area contributed by atoms with Gasteiger partial charge >= 0.3 is 0 Å². The second-order valence-electron chi connectivity index (χ2n) is 5.94. The van der Waals surface area contributed by atoms with Crippen molar-refractivity contribution in [3.8, 4) is 0 Å². The second kappa shape index (κ2) is 7.14. The number of nitro groups is 1. The monoisotopic (exact) mass is 335 g/mol. The fraction of sp³-hybridized carbons (Fsp3) is 0.562. The number of para-hydroxylation sites is 2. The summed E-state index contributed by atoms with van der Waals surface area (Å²) in [6, 6.07) is 6.42. The van der Waals surface area contributed by atoms with E-state index in [9.17, 15) is 14.9 Å². The number of amides is 1. The van der Waals surface area contributed by atoms with Crippen LogP contribution in [0, 0.1) is 10.1 Å². The van der Waals surface area contributed by atoms with Crippen LogP contribution in [0.15, 0.2) is 24.3 Å². The second-order valence-corrected chi connectivity index (χ2v) is 5.94. The van der Waals surface area contributed by atoms with Gasteiger partial charge in [0.2, 0.25) is 5.91 Å². The van der Waals surface area contributed by atoms with Gasteiger partial charge in [-0.05, 0) is 6.07 Å². The fourth-order valence-electron chi connectivity index (χ4n) is 3.13. The number of nitrogens with one attached hydrogen (secondary N) is 1.